The molecule has 2 aromatic carbocycles. The van der Waals surface area contributed by atoms with Gasteiger partial charge in [0.25, 0.3) is 0 Å². The molecule has 0 saturated heterocycles. The normalized spacial score (nSPS) is 15.6. The molecule has 0 aromatic heterocycles. The first-order chi connectivity index (χ1) is 9.98. The second kappa shape index (κ2) is 5.15. The van der Waals surface area contributed by atoms with Gasteiger partial charge in [0.15, 0.2) is 0 Å². The van der Waals surface area contributed by atoms with Crippen LogP contribution in [-0.2, 0) is 13.0 Å². The largest absolute Gasteiger partial charge is 0.487 e. The van der Waals surface area contributed by atoms with Gasteiger partial charge in [-0.2, -0.15) is 0 Å². The number of fused-ring (bicyclic) bond motifs is 1. The molecule has 1 aliphatic rings. The molecular formula is C18H20FNO. The molecule has 2 nitrogen and oxygen atoms in total. The number of benzene rings is 2. The fraction of sp³-hybridized carbons (Fsp3) is 0.333. The molecule has 0 amide bonds. The van der Waals surface area contributed by atoms with E-state index in [4.69, 9.17) is 4.74 Å². The van der Waals surface area contributed by atoms with Crippen LogP contribution in [0.15, 0.2) is 36.4 Å². The lowest BCUT2D eigenvalue weighted by atomic mass is 9.97. The van der Waals surface area contributed by atoms with Gasteiger partial charge >= 0.3 is 0 Å². The quantitative estimate of drug-likeness (QED) is 0.922. The number of hydrogen-bond acceptors (Lipinski definition) is 2. The number of rotatable bonds is 3. The van der Waals surface area contributed by atoms with E-state index in [1.165, 1.54) is 11.6 Å². The van der Waals surface area contributed by atoms with Gasteiger partial charge in [-0.3, -0.25) is 0 Å². The van der Waals surface area contributed by atoms with Gasteiger partial charge in [-0.25, -0.2) is 4.39 Å². The molecule has 21 heavy (non-hydrogen) atoms. The van der Waals surface area contributed by atoms with Crippen molar-refractivity contribution in [2.45, 2.75) is 32.4 Å². The van der Waals surface area contributed by atoms with Crippen molar-refractivity contribution in [3.63, 3.8) is 0 Å². The molecule has 0 aliphatic carbocycles. The minimum atomic E-state index is -0.168. The first-order valence-corrected chi connectivity index (χ1v) is 7.24. The summed E-state index contributed by atoms with van der Waals surface area (Å²) >= 11 is 0. The standard InChI is InChI=1S/C18H20FNO/c1-18(2)10-14-8-13(5-7-17(14)21-18)12-4-6-16(19)15(9-12)11-20-3/h4-9,20H,10-11H2,1-3H3. The van der Waals surface area contributed by atoms with E-state index in [9.17, 15) is 4.39 Å². The first-order valence-electron chi connectivity index (χ1n) is 7.24. The number of nitrogens with one attached hydrogen (secondary N) is 1. The van der Waals surface area contributed by atoms with Crippen molar-refractivity contribution < 1.29 is 9.13 Å². The van der Waals surface area contributed by atoms with Crippen molar-refractivity contribution >= 4 is 0 Å². The average Bonchev–Trinajstić information content (AvgIpc) is 2.74. The highest BCUT2D eigenvalue weighted by Crippen LogP contribution is 2.37. The van der Waals surface area contributed by atoms with Crippen LogP contribution in [0.2, 0.25) is 0 Å². The van der Waals surface area contributed by atoms with Gasteiger partial charge in [0.1, 0.15) is 17.2 Å². The molecule has 0 spiro atoms. The summed E-state index contributed by atoms with van der Waals surface area (Å²) in [6.07, 6.45) is 0.904. The van der Waals surface area contributed by atoms with Crippen LogP contribution < -0.4 is 10.1 Å². The lowest BCUT2D eigenvalue weighted by molar-refractivity contribution is 0.138. The fourth-order valence-electron chi connectivity index (χ4n) is 2.87. The summed E-state index contributed by atoms with van der Waals surface area (Å²) in [5.74, 6) is 0.792. The zero-order chi connectivity index (χ0) is 15.0. The molecule has 1 N–H and O–H groups in total. The van der Waals surface area contributed by atoms with Crippen molar-refractivity contribution in [1.29, 1.82) is 0 Å². The van der Waals surface area contributed by atoms with Gasteiger partial charge in [-0.05, 0) is 61.9 Å². The molecule has 0 unspecified atom stereocenters. The molecule has 1 aliphatic heterocycles. The lowest BCUT2D eigenvalue weighted by Crippen LogP contribution is -2.24. The van der Waals surface area contributed by atoms with Crippen LogP contribution in [0, 0.1) is 5.82 Å². The smallest absolute Gasteiger partial charge is 0.127 e. The van der Waals surface area contributed by atoms with E-state index in [1.54, 1.807) is 0 Å². The summed E-state index contributed by atoms with van der Waals surface area (Å²) < 4.78 is 19.6. The van der Waals surface area contributed by atoms with Gasteiger partial charge in [0.05, 0.1) is 0 Å². The third-order valence-electron chi connectivity index (χ3n) is 3.81. The van der Waals surface area contributed by atoms with E-state index in [1.807, 2.05) is 31.3 Å². The summed E-state index contributed by atoms with van der Waals surface area (Å²) in [6.45, 7) is 4.71. The summed E-state index contributed by atoms with van der Waals surface area (Å²) in [5, 5.41) is 3.00. The SMILES string of the molecule is CNCc1cc(-c2ccc3c(c2)CC(C)(C)O3)ccc1F. The number of ether oxygens (including phenoxy) is 1. The van der Waals surface area contributed by atoms with Crippen LogP contribution in [0.4, 0.5) is 4.39 Å². The van der Waals surface area contributed by atoms with Crippen molar-refractivity contribution in [2.75, 3.05) is 7.05 Å². The second-order valence-corrected chi connectivity index (χ2v) is 6.20. The van der Waals surface area contributed by atoms with Crippen LogP contribution in [0.1, 0.15) is 25.0 Å². The van der Waals surface area contributed by atoms with Crippen molar-refractivity contribution in [3.05, 3.63) is 53.3 Å². The Bertz CT molecular complexity index is 679. The highest BCUT2D eigenvalue weighted by Gasteiger charge is 2.29. The Morgan fingerprint density at radius 3 is 2.62 bits per heavy atom. The Morgan fingerprint density at radius 2 is 1.86 bits per heavy atom. The highest BCUT2D eigenvalue weighted by molar-refractivity contribution is 5.67. The molecule has 3 heteroatoms. The molecule has 2 aromatic rings. The van der Waals surface area contributed by atoms with Crippen molar-refractivity contribution in [3.8, 4) is 16.9 Å². The topological polar surface area (TPSA) is 21.3 Å². The Hall–Kier alpha value is -1.87. The number of halogens is 1. The summed E-state index contributed by atoms with van der Waals surface area (Å²) in [5.41, 5.74) is 3.91. The van der Waals surface area contributed by atoms with Crippen LogP contribution in [0.25, 0.3) is 11.1 Å². The first kappa shape index (κ1) is 14.1. The average molecular weight is 285 g/mol. The monoisotopic (exact) mass is 285 g/mol. The Balaban J connectivity index is 1.97. The lowest BCUT2D eigenvalue weighted by Gasteiger charge is -2.16. The maximum Gasteiger partial charge on any atom is 0.127 e. The summed E-state index contributed by atoms with van der Waals surface area (Å²) in [4.78, 5) is 0. The summed E-state index contributed by atoms with van der Waals surface area (Å²) in [7, 11) is 1.82. The molecule has 0 atom stereocenters. The predicted octanol–water partition coefficient (Wildman–Crippen LogP) is 3.93. The van der Waals surface area contributed by atoms with Gasteiger partial charge in [-0.1, -0.05) is 12.1 Å². The second-order valence-electron chi connectivity index (χ2n) is 6.20. The van der Waals surface area contributed by atoms with E-state index in [-0.39, 0.29) is 11.4 Å². The Kier molecular flexibility index (Phi) is 3.46. The maximum absolute atomic E-state index is 13.7. The van der Waals surface area contributed by atoms with E-state index >= 15 is 0 Å². The third kappa shape index (κ3) is 2.79. The van der Waals surface area contributed by atoms with Crippen LogP contribution in [0.3, 0.4) is 0 Å². The Labute approximate surface area is 125 Å². The molecular weight excluding hydrogens is 265 g/mol. The fourth-order valence-corrected chi connectivity index (χ4v) is 2.87. The van der Waals surface area contributed by atoms with Crippen LogP contribution in [0.5, 0.6) is 5.75 Å². The zero-order valence-corrected chi connectivity index (χ0v) is 12.7. The summed E-state index contributed by atoms with van der Waals surface area (Å²) in [6, 6.07) is 11.5. The third-order valence-corrected chi connectivity index (χ3v) is 3.81. The minimum Gasteiger partial charge on any atom is -0.487 e. The van der Waals surface area contributed by atoms with E-state index < -0.39 is 0 Å². The van der Waals surface area contributed by atoms with E-state index in [2.05, 4.69) is 25.2 Å². The van der Waals surface area contributed by atoms with Crippen LogP contribution >= 0.6 is 0 Å². The number of hydrogen-bond donors (Lipinski definition) is 1. The minimum absolute atomic E-state index is 0.138. The molecule has 0 saturated carbocycles. The van der Waals surface area contributed by atoms with Crippen LogP contribution in [-0.4, -0.2) is 12.6 Å². The molecule has 1 heterocycles. The van der Waals surface area contributed by atoms with Gasteiger partial charge in [-0.15, -0.1) is 0 Å². The highest BCUT2D eigenvalue weighted by atomic mass is 19.1. The molecule has 0 fully saturated rings. The van der Waals surface area contributed by atoms with Gasteiger partial charge in [0, 0.05) is 18.5 Å². The molecule has 0 bridgehead atoms. The van der Waals surface area contributed by atoms with Gasteiger partial charge in [0.2, 0.25) is 0 Å². The molecule has 3 rings (SSSR count). The predicted molar refractivity (Wildman–Crippen MR) is 83.0 cm³/mol. The Morgan fingerprint density at radius 1 is 1.14 bits per heavy atom. The molecule has 110 valence electrons. The van der Waals surface area contributed by atoms with Gasteiger partial charge < -0.3 is 10.1 Å². The van der Waals surface area contributed by atoms with Crippen molar-refractivity contribution in [2.24, 2.45) is 0 Å². The molecule has 0 radical (unpaired) electrons. The van der Waals surface area contributed by atoms with Crippen molar-refractivity contribution in [1.82, 2.24) is 5.32 Å². The van der Waals surface area contributed by atoms with E-state index in [0.29, 0.717) is 12.1 Å². The zero-order valence-electron chi connectivity index (χ0n) is 12.7. The maximum atomic E-state index is 13.7. The van der Waals surface area contributed by atoms with E-state index in [0.717, 1.165) is 23.3 Å².